The van der Waals surface area contributed by atoms with Crippen LogP contribution in [0.1, 0.15) is 60.7 Å². The number of aromatic nitrogens is 1. The van der Waals surface area contributed by atoms with Crippen LogP contribution < -0.4 is 20.7 Å². The summed E-state index contributed by atoms with van der Waals surface area (Å²) in [6.45, 7) is 7.95. The van der Waals surface area contributed by atoms with Crippen molar-refractivity contribution in [1.82, 2.24) is 20.5 Å². The molecule has 3 aromatic carbocycles. The second-order valence-corrected chi connectivity index (χ2v) is 14.2. The van der Waals surface area contributed by atoms with E-state index in [0.717, 1.165) is 23.1 Å². The number of methoxy groups -OCH3 is 1. The van der Waals surface area contributed by atoms with Crippen LogP contribution in [0.3, 0.4) is 0 Å². The van der Waals surface area contributed by atoms with E-state index in [1.807, 2.05) is 31.2 Å². The van der Waals surface area contributed by atoms with Crippen LogP contribution in [0.25, 0.3) is 22.4 Å². The second kappa shape index (κ2) is 17.2. The Bertz CT molecular complexity index is 1980. The number of nitrogens with zero attached hydrogens (tertiary/aromatic N) is 2. The van der Waals surface area contributed by atoms with Gasteiger partial charge in [0, 0.05) is 67.2 Å². The monoisotopic (exact) mass is 745 g/mol. The van der Waals surface area contributed by atoms with Gasteiger partial charge in [0.05, 0.1) is 30.0 Å². The fourth-order valence-electron chi connectivity index (χ4n) is 6.10. The van der Waals surface area contributed by atoms with Gasteiger partial charge in [0.25, 0.3) is 5.91 Å². The molecule has 1 aliphatic rings. The van der Waals surface area contributed by atoms with Crippen molar-refractivity contribution in [2.75, 3.05) is 32.1 Å². The van der Waals surface area contributed by atoms with Gasteiger partial charge in [-0.3, -0.25) is 14.6 Å². The summed E-state index contributed by atoms with van der Waals surface area (Å²) in [5.74, 6) is -0.662. The SMILES string of the molecule is COc1cc(-c2nccc(-c3cccc(NC(=O)c4ccc(CN(CCO)C(=O)OC(C)(C)C)cc4F)c3C)c2Cl)ccc1CNC[C@@H]1CCC(=O)N1. The van der Waals surface area contributed by atoms with Crippen molar-refractivity contribution in [3.63, 3.8) is 0 Å². The van der Waals surface area contributed by atoms with E-state index in [9.17, 15) is 19.5 Å². The highest BCUT2D eigenvalue weighted by Gasteiger charge is 2.24. The van der Waals surface area contributed by atoms with Gasteiger partial charge in [-0.25, -0.2) is 9.18 Å². The molecule has 2 heterocycles. The average molecular weight is 746 g/mol. The molecule has 0 unspecified atom stereocenters. The maximum absolute atomic E-state index is 15.3. The van der Waals surface area contributed by atoms with E-state index in [0.29, 0.717) is 58.4 Å². The Hall–Kier alpha value is -5.04. The first kappa shape index (κ1) is 39.2. The highest BCUT2D eigenvalue weighted by atomic mass is 35.5. The quantitative estimate of drug-likeness (QED) is 0.116. The van der Waals surface area contributed by atoms with Crippen LogP contribution in [0.2, 0.25) is 5.02 Å². The fraction of sp³-hybridized carbons (Fsp3) is 0.350. The number of hydrogen-bond acceptors (Lipinski definition) is 8. The summed E-state index contributed by atoms with van der Waals surface area (Å²) in [6, 6.07) is 17.2. The topological polar surface area (TPSA) is 142 Å². The lowest BCUT2D eigenvalue weighted by atomic mass is 9.97. The maximum Gasteiger partial charge on any atom is 0.410 e. The summed E-state index contributed by atoms with van der Waals surface area (Å²) >= 11 is 7.02. The molecule has 0 saturated carbocycles. The Labute approximate surface area is 313 Å². The lowest BCUT2D eigenvalue weighted by Gasteiger charge is -2.27. The standard InChI is InChI=1S/C40H45ClFN5O6/c1-24-29(30-15-16-44-37(36(30)41)26-10-11-27(34(20-26)52-5)21-43-22-28-12-14-35(49)45-28)7-6-8-33(24)46-38(50)31-13-9-25(19-32(31)42)23-47(17-18-48)39(51)53-40(2,3)4/h6-11,13,15-16,19-20,28,43,48H,12,14,17-18,21-23H2,1-5H3,(H,45,49)(H,46,50)/t28-/m0/s1. The van der Waals surface area contributed by atoms with Crippen molar-refractivity contribution in [1.29, 1.82) is 0 Å². The van der Waals surface area contributed by atoms with E-state index in [4.69, 9.17) is 21.1 Å². The number of ether oxygens (including phenoxy) is 2. The Balaban J connectivity index is 1.31. The zero-order valence-electron chi connectivity index (χ0n) is 30.5. The van der Waals surface area contributed by atoms with Gasteiger partial charge in [-0.15, -0.1) is 0 Å². The molecule has 5 rings (SSSR count). The highest BCUT2D eigenvalue weighted by Crippen LogP contribution is 2.39. The normalized spacial score (nSPS) is 14.1. The molecule has 13 heteroatoms. The Kier molecular flexibility index (Phi) is 12.7. The first-order valence-electron chi connectivity index (χ1n) is 17.4. The molecule has 1 aliphatic heterocycles. The number of hydrogen-bond donors (Lipinski definition) is 4. The molecular formula is C40H45ClFN5O6. The van der Waals surface area contributed by atoms with Crippen molar-refractivity contribution >= 4 is 35.2 Å². The van der Waals surface area contributed by atoms with Crippen LogP contribution in [0.15, 0.2) is 66.9 Å². The number of amides is 3. The minimum Gasteiger partial charge on any atom is -0.496 e. The predicted molar refractivity (Wildman–Crippen MR) is 202 cm³/mol. The summed E-state index contributed by atoms with van der Waals surface area (Å²) < 4.78 is 26.4. The molecule has 0 bridgehead atoms. The van der Waals surface area contributed by atoms with Crippen molar-refractivity contribution in [3.8, 4) is 28.1 Å². The molecule has 3 amide bonds. The van der Waals surface area contributed by atoms with Crippen molar-refractivity contribution in [3.05, 3.63) is 100.0 Å². The number of aliphatic hydroxyl groups excluding tert-OH is 1. The third kappa shape index (κ3) is 9.89. The molecule has 1 fully saturated rings. The van der Waals surface area contributed by atoms with Crippen molar-refractivity contribution in [2.24, 2.45) is 0 Å². The van der Waals surface area contributed by atoms with Gasteiger partial charge in [-0.05, 0) is 81.1 Å². The molecule has 0 aliphatic carbocycles. The number of pyridine rings is 1. The predicted octanol–water partition coefficient (Wildman–Crippen LogP) is 6.88. The van der Waals surface area contributed by atoms with Gasteiger partial charge in [-0.1, -0.05) is 41.9 Å². The fourth-order valence-corrected chi connectivity index (χ4v) is 6.42. The van der Waals surface area contributed by atoms with Gasteiger partial charge < -0.3 is 35.4 Å². The van der Waals surface area contributed by atoms with Gasteiger partial charge in [0.15, 0.2) is 0 Å². The molecule has 0 radical (unpaired) electrons. The first-order chi connectivity index (χ1) is 25.3. The van der Waals surface area contributed by atoms with Crippen molar-refractivity contribution < 1.29 is 33.4 Å². The Morgan fingerprint density at radius 1 is 1.11 bits per heavy atom. The van der Waals surface area contributed by atoms with Crippen LogP contribution >= 0.6 is 11.6 Å². The van der Waals surface area contributed by atoms with E-state index in [-0.39, 0.29) is 37.2 Å². The summed E-state index contributed by atoms with van der Waals surface area (Å²) in [5.41, 5.74) is 4.41. The first-order valence-corrected chi connectivity index (χ1v) is 17.8. The molecule has 280 valence electrons. The van der Waals surface area contributed by atoms with E-state index in [1.54, 1.807) is 58.3 Å². The van der Waals surface area contributed by atoms with Gasteiger partial charge >= 0.3 is 6.09 Å². The minimum atomic E-state index is -0.761. The zero-order valence-corrected chi connectivity index (χ0v) is 31.3. The van der Waals surface area contributed by atoms with Crippen LogP contribution in [0, 0.1) is 12.7 Å². The number of anilines is 1. The highest BCUT2D eigenvalue weighted by molar-refractivity contribution is 6.35. The Morgan fingerprint density at radius 2 is 1.91 bits per heavy atom. The molecule has 11 nitrogen and oxygen atoms in total. The molecule has 0 spiro atoms. The molecule has 1 atom stereocenters. The number of aliphatic hydroxyl groups is 1. The van der Waals surface area contributed by atoms with Crippen molar-refractivity contribution in [2.45, 2.75) is 65.3 Å². The van der Waals surface area contributed by atoms with Gasteiger partial charge in [0.1, 0.15) is 17.2 Å². The lowest BCUT2D eigenvalue weighted by Crippen LogP contribution is -2.38. The van der Waals surface area contributed by atoms with E-state index < -0.39 is 23.4 Å². The van der Waals surface area contributed by atoms with E-state index >= 15 is 4.39 Å². The van der Waals surface area contributed by atoms with Crippen LogP contribution in [-0.4, -0.2) is 71.3 Å². The number of carbonyl (C=O) groups is 3. The summed E-state index contributed by atoms with van der Waals surface area (Å²) in [5, 5.41) is 19.0. The van der Waals surface area contributed by atoms with Crippen LogP contribution in [-0.2, 0) is 22.6 Å². The summed E-state index contributed by atoms with van der Waals surface area (Å²) in [6.07, 6.45) is 2.40. The van der Waals surface area contributed by atoms with E-state index in [2.05, 4.69) is 20.9 Å². The summed E-state index contributed by atoms with van der Waals surface area (Å²) in [7, 11) is 1.61. The van der Waals surface area contributed by atoms with Gasteiger partial charge in [0.2, 0.25) is 5.91 Å². The number of rotatable bonds is 13. The van der Waals surface area contributed by atoms with E-state index in [1.165, 1.54) is 17.0 Å². The zero-order chi connectivity index (χ0) is 38.3. The van der Waals surface area contributed by atoms with Gasteiger partial charge in [-0.2, -0.15) is 0 Å². The molecule has 1 saturated heterocycles. The maximum atomic E-state index is 15.3. The molecule has 4 N–H and O–H groups in total. The third-order valence-corrected chi connectivity index (χ3v) is 9.17. The number of carbonyl (C=O) groups excluding carboxylic acids is 3. The van der Waals surface area contributed by atoms with Crippen LogP contribution in [0.4, 0.5) is 14.9 Å². The lowest BCUT2D eigenvalue weighted by molar-refractivity contribution is -0.119. The second-order valence-electron chi connectivity index (χ2n) is 13.9. The largest absolute Gasteiger partial charge is 0.496 e. The molecule has 1 aromatic heterocycles. The third-order valence-electron chi connectivity index (χ3n) is 8.79. The number of nitrogens with one attached hydrogen (secondary N) is 3. The smallest absolute Gasteiger partial charge is 0.410 e. The van der Waals surface area contributed by atoms with Crippen LogP contribution in [0.5, 0.6) is 5.75 Å². The summed E-state index contributed by atoms with van der Waals surface area (Å²) in [4.78, 5) is 43.3. The molecule has 53 heavy (non-hydrogen) atoms. The minimum absolute atomic E-state index is 0.000340. The Morgan fingerprint density at radius 3 is 2.58 bits per heavy atom. The molecule has 4 aromatic rings. The number of halogens is 2. The average Bonchev–Trinajstić information content (AvgIpc) is 3.53. The molecular weight excluding hydrogens is 701 g/mol. The number of benzene rings is 3.